The molecule has 4 rings (SSSR count). The number of benzene rings is 1. The van der Waals surface area contributed by atoms with Crippen LogP contribution in [0.3, 0.4) is 0 Å². The van der Waals surface area contributed by atoms with Crippen LogP contribution in [0.5, 0.6) is 5.75 Å². The Bertz CT molecular complexity index is 915. The monoisotopic (exact) mass is 351 g/mol. The Balaban J connectivity index is 1.44. The molecule has 26 heavy (non-hydrogen) atoms. The van der Waals surface area contributed by atoms with Gasteiger partial charge in [0.2, 0.25) is 0 Å². The summed E-state index contributed by atoms with van der Waals surface area (Å²) in [5.41, 5.74) is 1.96. The minimum Gasteiger partial charge on any atom is -0.490 e. The summed E-state index contributed by atoms with van der Waals surface area (Å²) < 4.78 is 6.03. The van der Waals surface area contributed by atoms with Gasteiger partial charge in [0.15, 0.2) is 0 Å². The zero-order chi connectivity index (χ0) is 17.9. The number of hydrogen-bond donors (Lipinski definition) is 2. The number of ether oxygens (including phenoxy) is 1. The van der Waals surface area contributed by atoms with Crippen LogP contribution in [0.25, 0.3) is 10.9 Å². The quantitative estimate of drug-likeness (QED) is 0.755. The number of H-pyrrole nitrogens is 1. The van der Waals surface area contributed by atoms with Crippen LogP contribution in [0.15, 0.2) is 42.7 Å². The third-order valence-corrected chi connectivity index (χ3v) is 4.63. The van der Waals surface area contributed by atoms with Gasteiger partial charge in [-0.3, -0.25) is 14.9 Å². The SMILES string of the molecule is CN1CCC(Oc2ccnc(C(=O)Nc3ccc4[nH]ncc4c3)c2)CC1. The number of nitrogens with one attached hydrogen (secondary N) is 2. The lowest BCUT2D eigenvalue weighted by Gasteiger charge is -2.29. The van der Waals surface area contributed by atoms with Crippen LogP contribution in [0.2, 0.25) is 0 Å². The fraction of sp³-hybridized carbons (Fsp3) is 0.316. The van der Waals surface area contributed by atoms with Crippen molar-refractivity contribution in [3.05, 3.63) is 48.4 Å². The van der Waals surface area contributed by atoms with E-state index >= 15 is 0 Å². The Morgan fingerprint density at radius 3 is 2.96 bits per heavy atom. The number of carbonyl (C=O) groups excluding carboxylic acids is 1. The average molecular weight is 351 g/mol. The number of fused-ring (bicyclic) bond motifs is 1. The van der Waals surface area contributed by atoms with E-state index in [0.29, 0.717) is 17.1 Å². The van der Waals surface area contributed by atoms with E-state index in [1.165, 1.54) is 0 Å². The third kappa shape index (κ3) is 3.67. The second-order valence-corrected chi connectivity index (χ2v) is 6.62. The number of carbonyl (C=O) groups is 1. The number of aromatic nitrogens is 3. The first-order chi connectivity index (χ1) is 12.7. The van der Waals surface area contributed by atoms with E-state index in [0.717, 1.165) is 36.8 Å². The van der Waals surface area contributed by atoms with Gasteiger partial charge in [-0.15, -0.1) is 0 Å². The summed E-state index contributed by atoms with van der Waals surface area (Å²) in [5, 5.41) is 10.7. The molecule has 1 fully saturated rings. The number of aromatic amines is 1. The van der Waals surface area contributed by atoms with Gasteiger partial charge in [-0.05, 0) is 44.2 Å². The van der Waals surface area contributed by atoms with Gasteiger partial charge in [0, 0.05) is 36.4 Å². The lowest BCUT2D eigenvalue weighted by Crippen LogP contribution is -2.35. The molecule has 3 heterocycles. The molecule has 2 aromatic heterocycles. The van der Waals surface area contributed by atoms with Crippen LogP contribution in [0, 0.1) is 0 Å². The first kappa shape index (κ1) is 16.5. The van der Waals surface area contributed by atoms with Crippen molar-refractivity contribution in [1.29, 1.82) is 0 Å². The molecule has 0 atom stereocenters. The first-order valence-electron chi connectivity index (χ1n) is 8.73. The summed E-state index contributed by atoms with van der Waals surface area (Å²) in [6.45, 7) is 2.05. The molecule has 7 heteroatoms. The zero-order valence-electron chi connectivity index (χ0n) is 14.6. The average Bonchev–Trinajstić information content (AvgIpc) is 3.12. The van der Waals surface area contributed by atoms with E-state index in [-0.39, 0.29) is 12.0 Å². The van der Waals surface area contributed by atoms with Gasteiger partial charge in [-0.25, -0.2) is 0 Å². The zero-order valence-corrected chi connectivity index (χ0v) is 14.6. The summed E-state index contributed by atoms with van der Waals surface area (Å²) >= 11 is 0. The molecular formula is C19H21N5O2. The van der Waals surface area contributed by atoms with Gasteiger partial charge in [0.05, 0.1) is 11.7 Å². The lowest BCUT2D eigenvalue weighted by atomic mass is 10.1. The molecule has 1 aliphatic heterocycles. The van der Waals surface area contributed by atoms with E-state index in [1.807, 2.05) is 18.2 Å². The molecule has 0 aliphatic carbocycles. The predicted molar refractivity (Wildman–Crippen MR) is 99.4 cm³/mol. The highest BCUT2D eigenvalue weighted by Crippen LogP contribution is 2.20. The van der Waals surface area contributed by atoms with Crippen molar-refractivity contribution < 1.29 is 9.53 Å². The van der Waals surface area contributed by atoms with Gasteiger partial charge in [0.25, 0.3) is 5.91 Å². The maximum atomic E-state index is 12.5. The Hall–Kier alpha value is -2.93. The molecule has 0 radical (unpaired) electrons. The fourth-order valence-corrected chi connectivity index (χ4v) is 3.12. The molecule has 1 aromatic carbocycles. The van der Waals surface area contributed by atoms with Gasteiger partial charge in [-0.2, -0.15) is 5.10 Å². The molecule has 0 bridgehead atoms. The fourth-order valence-electron chi connectivity index (χ4n) is 3.12. The molecule has 1 amide bonds. The van der Waals surface area contributed by atoms with E-state index in [1.54, 1.807) is 24.5 Å². The van der Waals surface area contributed by atoms with Crippen LogP contribution in [0.4, 0.5) is 5.69 Å². The van der Waals surface area contributed by atoms with Crippen LogP contribution < -0.4 is 10.1 Å². The molecule has 2 N–H and O–H groups in total. The molecular weight excluding hydrogens is 330 g/mol. The molecule has 3 aromatic rings. The highest BCUT2D eigenvalue weighted by molar-refractivity contribution is 6.03. The summed E-state index contributed by atoms with van der Waals surface area (Å²) in [5.74, 6) is 0.423. The Labute approximate surface area is 151 Å². The van der Waals surface area contributed by atoms with E-state index in [4.69, 9.17) is 4.74 Å². The highest BCUT2D eigenvalue weighted by atomic mass is 16.5. The summed E-state index contributed by atoms with van der Waals surface area (Å²) in [6, 6.07) is 9.08. The molecule has 1 aliphatic rings. The Morgan fingerprint density at radius 2 is 2.12 bits per heavy atom. The molecule has 0 unspecified atom stereocenters. The number of pyridine rings is 1. The largest absolute Gasteiger partial charge is 0.490 e. The van der Waals surface area contributed by atoms with Crippen molar-refractivity contribution in [3.8, 4) is 5.75 Å². The topological polar surface area (TPSA) is 83.1 Å². The van der Waals surface area contributed by atoms with Gasteiger partial charge in [-0.1, -0.05) is 0 Å². The number of piperidine rings is 1. The molecule has 134 valence electrons. The smallest absolute Gasteiger partial charge is 0.274 e. The van der Waals surface area contributed by atoms with Crippen LogP contribution >= 0.6 is 0 Å². The van der Waals surface area contributed by atoms with Crippen molar-refractivity contribution in [1.82, 2.24) is 20.1 Å². The first-order valence-corrected chi connectivity index (χ1v) is 8.73. The second kappa shape index (κ2) is 7.13. The van der Waals surface area contributed by atoms with Crippen LogP contribution in [0.1, 0.15) is 23.3 Å². The predicted octanol–water partition coefficient (Wildman–Crippen LogP) is 2.68. The van der Waals surface area contributed by atoms with Crippen molar-refractivity contribution in [2.24, 2.45) is 0 Å². The van der Waals surface area contributed by atoms with Crippen molar-refractivity contribution in [3.63, 3.8) is 0 Å². The second-order valence-electron chi connectivity index (χ2n) is 6.62. The maximum absolute atomic E-state index is 12.5. The minimum absolute atomic E-state index is 0.188. The number of nitrogens with zero attached hydrogens (tertiary/aromatic N) is 3. The van der Waals surface area contributed by atoms with Crippen molar-refractivity contribution >= 4 is 22.5 Å². The summed E-state index contributed by atoms with van der Waals surface area (Å²) in [4.78, 5) is 19.0. The number of hydrogen-bond acceptors (Lipinski definition) is 5. The number of amides is 1. The van der Waals surface area contributed by atoms with Crippen LogP contribution in [-0.4, -0.2) is 52.2 Å². The summed E-state index contributed by atoms with van der Waals surface area (Å²) in [6.07, 6.45) is 5.50. The number of anilines is 1. The maximum Gasteiger partial charge on any atom is 0.274 e. The normalized spacial score (nSPS) is 15.9. The van der Waals surface area contributed by atoms with Gasteiger partial charge < -0.3 is 15.0 Å². The Morgan fingerprint density at radius 1 is 1.27 bits per heavy atom. The van der Waals surface area contributed by atoms with Gasteiger partial charge in [0.1, 0.15) is 17.5 Å². The molecule has 1 saturated heterocycles. The lowest BCUT2D eigenvalue weighted by molar-refractivity contribution is 0.101. The number of likely N-dealkylation sites (tertiary alicyclic amines) is 1. The Kier molecular flexibility index (Phi) is 4.53. The van der Waals surface area contributed by atoms with Crippen molar-refractivity contribution in [2.45, 2.75) is 18.9 Å². The summed E-state index contributed by atoms with van der Waals surface area (Å²) in [7, 11) is 2.12. The number of rotatable bonds is 4. The minimum atomic E-state index is -0.262. The van der Waals surface area contributed by atoms with Gasteiger partial charge >= 0.3 is 0 Å². The molecule has 0 spiro atoms. The van der Waals surface area contributed by atoms with Crippen molar-refractivity contribution in [2.75, 3.05) is 25.5 Å². The van der Waals surface area contributed by atoms with E-state index in [9.17, 15) is 4.79 Å². The van der Waals surface area contributed by atoms with Crippen LogP contribution in [-0.2, 0) is 0 Å². The standard InChI is InChI=1S/C19H21N5O2/c1-24-8-5-15(6-9-24)26-16-4-7-20-18(11-16)19(25)22-14-2-3-17-13(10-14)12-21-23-17/h2-4,7,10-12,15H,5-6,8-9H2,1H3,(H,21,23)(H,22,25). The van der Waals surface area contributed by atoms with E-state index < -0.39 is 0 Å². The molecule has 0 saturated carbocycles. The highest BCUT2D eigenvalue weighted by Gasteiger charge is 2.18. The van der Waals surface area contributed by atoms with E-state index in [2.05, 4.69) is 32.4 Å². The third-order valence-electron chi connectivity index (χ3n) is 4.63. The molecule has 7 nitrogen and oxygen atoms in total.